The van der Waals surface area contributed by atoms with Gasteiger partial charge in [0.15, 0.2) is 0 Å². The molecule has 0 fully saturated rings. The van der Waals surface area contributed by atoms with Crippen LogP contribution in [-0.4, -0.2) is 61.1 Å². The Kier molecular flexibility index (Phi) is 11.5. The highest BCUT2D eigenvalue weighted by Gasteiger charge is 2.66. The van der Waals surface area contributed by atoms with Crippen LogP contribution in [0.4, 0.5) is 43.9 Å². The second-order valence-corrected chi connectivity index (χ2v) is 9.87. The second kappa shape index (κ2) is 14.1. The summed E-state index contributed by atoms with van der Waals surface area (Å²) in [6.45, 7) is 0. The van der Waals surface area contributed by atoms with Crippen molar-refractivity contribution in [1.29, 1.82) is 0 Å². The lowest BCUT2D eigenvalue weighted by Gasteiger charge is -2.26. The molecular formula is C26H18F10O7S. The van der Waals surface area contributed by atoms with E-state index in [1.807, 2.05) is 18.2 Å². The van der Waals surface area contributed by atoms with E-state index in [1.54, 1.807) is 12.1 Å². The molecule has 0 saturated heterocycles. The first-order valence-corrected chi connectivity index (χ1v) is 13.0. The Hall–Kier alpha value is -4.19. The molecule has 0 bridgehead atoms. The smallest absolute Gasteiger partial charge is 0.432 e. The molecule has 3 aromatic rings. The van der Waals surface area contributed by atoms with Crippen molar-refractivity contribution in [1.82, 2.24) is 0 Å². The molecule has 2 unspecified atom stereocenters. The summed E-state index contributed by atoms with van der Waals surface area (Å²) in [5.41, 5.74) is 0.828. The van der Waals surface area contributed by atoms with Crippen LogP contribution in [0.5, 0.6) is 0 Å². The fourth-order valence-electron chi connectivity index (χ4n) is 3.08. The lowest BCUT2D eigenvalue weighted by atomic mass is 10.0. The molecular weight excluding hydrogens is 646 g/mol. The Morgan fingerprint density at radius 3 is 1.43 bits per heavy atom. The van der Waals surface area contributed by atoms with Gasteiger partial charge in [-0.2, -0.15) is 43.5 Å². The Balaban J connectivity index is 0.000000308. The molecule has 3 rings (SSSR count). The monoisotopic (exact) mass is 664 g/mol. The van der Waals surface area contributed by atoms with Crippen molar-refractivity contribution in [2.24, 2.45) is 0 Å². The summed E-state index contributed by atoms with van der Waals surface area (Å²) in [6, 6.07) is 20.3. The minimum atomic E-state index is -6.44. The van der Waals surface area contributed by atoms with Crippen molar-refractivity contribution in [2.45, 2.75) is 36.2 Å². The number of rotatable bonds is 8. The highest BCUT2D eigenvalue weighted by atomic mass is 32.2. The number of hydrogen-bond donors (Lipinski definition) is 1. The van der Waals surface area contributed by atoms with E-state index in [2.05, 4.69) is 9.47 Å². The van der Waals surface area contributed by atoms with Crippen LogP contribution in [-0.2, 0) is 19.6 Å². The zero-order valence-corrected chi connectivity index (χ0v) is 22.2. The number of benzene rings is 3. The lowest BCUT2D eigenvalue weighted by Crippen LogP contribution is -2.52. The van der Waals surface area contributed by atoms with Gasteiger partial charge in [-0.15, -0.1) is 0 Å². The molecule has 0 amide bonds. The van der Waals surface area contributed by atoms with E-state index in [0.29, 0.717) is 0 Å². The van der Waals surface area contributed by atoms with Crippen molar-refractivity contribution in [3.63, 3.8) is 0 Å². The van der Waals surface area contributed by atoms with E-state index >= 15 is 0 Å². The number of carbonyl (C=O) groups is 2. The summed E-state index contributed by atoms with van der Waals surface area (Å²) < 4.78 is 162. The third-order valence-electron chi connectivity index (χ3n) is 5.19. The molecule has 1 N–H and O–H groups in total. The van der Waals surface area contributed by atoms with Gasteiger partial charge in [0.2, 0.25) is 0 Å². The van der Waals surface area contributed by atoms with Crippen LogP contribution in [0.3, 0.4) is 0 Å². The third-order valence-corrected chi connectivity index (χ3v) is 6.10. The standard InChI is InChI=1S/C16H11F5O2.C10H7F5O5S/c17-14(18)13(16(19,20)21)23-15(22)12-8-6-11(7-9-12)10-4-2-1-3-5-10;11-9(12,13)8(10(14,15)21(17,18)19)20-7(16)6-4-2-1-3-5-6/h1-9,13-14H;1-5,8H,(H,17,18,19). The fraction of sp³-hybridized carbons (Fsp3) is 0.231. The Labute approximate surface area is 241 Å². The highest BCUT2D eigenvalue weighted by Crippen LogP contribution is 2.38. The Morgan fingerprint density at radius 2 is 1.02 bits per heavy atom. The molecule has 44 heavy (non-hydrogen) atoms. The molecule has 0 radical (unpaired) electrons. The average molecular weight is 664 g/mol. The molecule has 18 heteroatoms. The molecule has 2 atom stereocenters. The molecule has 0 heterocycles. The first-order chi connectivity index (χ1) is 20.2. The Morgan fingerprint density at radius 1 is 0.614 bits per heavy atom. The van der Waals surface area contributed by atoms with Crippen molar-refractivity contribution in [3.05, 3.63) is 96.1 Å². The number of halogens is 10. The van der Waals surface area contributed by atoms with Crippen molar-refractivity contribution in [2.75, 3.05) is 0 Å². The van der Waals surface area contributed by atoms with Gasteiger partial charge in [0, 0.05) is 0 Å². The Bertz CT molecular complexity index is 1490. The van der Waals surface area contributed by atoms with Crippen molar-refractivity contribution >= 4 is 22.1 Å². The zero-order valence-electron chi connectivity index (χ0n) is 21.4. The minimum Gasteiger partial charge on any atom is -0.443 e. The quantitative estimate of drug-likeness (QED) is 0.158. The summed E-state index contributed by atoms with van der Waals surface area (Å²) in [7, 11) is -6.44. The van der Waals surface area contributed by atoms with E-state index in [0.717, 1.165) is 23.3 Å². The highest BCUT2D eigenvalue weighted by molar-refractivity contribution is 7.86. The maximum atomic E-state index is 13.1. The predicted octanol–water partition coefficient (Wildman–Crippen LogP) is 6.96. The maximum Gasteiger partial charge on any atom is 0.432 e. The number of ether oxygens (including phenoxy) is 2. The second-order valence-electron chi connectivity index (χ2n) is 8.38. The lowest BCUT2D eigenvalue weighted by molar-refractivity contribution is -0.248. The van der Waals surface area contributed by atoms with Gasteiger partial charge in [0.1, 0.15) is 0 Å². The van der Waals surface area contributed by atoms with Crippen LogP contribution >= 0.6 is 0 Å². The van der Waals surface area contributed by atoms with Crippen molar-refractivity contribution < 1.29 is 75.9 Å². The van der Waals surface area contributed by atoms with Gasteiger partial charge < -0.3 is 9.47 Å². The van der Waals surface area contributed by atoms with Gasteiger partial charge in [-0.05, 0) is 35.4 Å². The van der Waals surface area contributed by atoms with Gasteiger partial charge in [-0.3, -0.25) is 4.55 Å². The van der Waals surface area contributed by atoms with E-state index in [4.69, 9.17) is 4.55 Å². The molecule has 0 aromatic heterocycles. The topological polar surface area (TPSA) is 107 Å². The first kappa shape index (κ1) is 36.0. The van der Waals surface area contributed by atoms with Gasteiger partial charge in [-0.25, -0.2) is 18.4 Å². The molecule has 0 aliphatic heterocycles. The zero-order chi connectivity index (χ0) is 33.5. The molecule has 7 nitrogen and oxygen atoms in total. The molecule has 0 aliphatic rings. The van der Waals surface area contributed by atoms with Crippen LogP contribution < -0.4 is 0 Å². The van der Waals surface area contributed by atoms with Crippen LogP contribution in [0.2, 0.25) is 0 Å². The van der Waals surface area contributed by atoms with Crippen LogP contribution in [0.25, 0.3) is 11.1 Å². The van der Waals surface area contributed by atoms with E-state index in [9.17, 15) is 61.9 Å². The first-order valence-electron chi connectivity index (χ1n) is 11.5. The number of hydrogen-bond acceptors (Lipinski definition) is 6. The largest absolute Gasteiger partial charge is 0.443 e. The average Bonchev–Trinajstić information content (AvgIpc) is 2.93. The van der Waals surface area contributed by atoms with E-state index in [-0.39, 0.29) is 5.56 Å². The SMILES string of the molecule is O=C(OC(C(F)(F)F)C(F)(F)S(=O)(=O)O)c1ccccc1.O=C(OC(C(F)F)C(F)(F)F)c1ccc(-c2ccccc2)cc1. The van der Waals surface area contributed by atoms with E-state index in [1.165, 1.54) is 42.5 Å². The summed E-state index contributed by atoms with van der Waals surface area (Å²) in [6.07, 6.45) is -22.9. The van der Waals surface area contributed by atoms with Gasteiger partial charge in [0.05, 0.1) is 11.1 Å². The summed E-state index contributed by atoms with van der Waals surface area (Å²) in [4.78, 5) is 22.9. The molecule has 240 valence electrons. The molecule has 0 spiro atoms. The van der Waals surface area contributed by atoms with Gasteiger partial charge in [0.25, 0.3) is 18.6 Å². The number of esters is 2. The van der Waals surface area contributed by atoms with E-state index < -0.39 is 63.9 Å². The van der Waals surface area contributed by atoms with Crippen LogP contribution in [0.1, 0.15) is 20.7 Å². The normalized spacial score (nSPS) is 13.7. The fourth-order valence-corrected chi connectivity index (χ4v) is 3.54. The summed E-state index contributed by atoms with van der Waals surface area (Å²) in [5, 5.41) is -5.74. The number of carbonyl (C=O) groups excluding carboxylic acids is 2. The molecule has 0 aliphatic carbocycles. The summed E-state index contributed by atoms with van der Waals surface area (Å²) >= 11 is 0. The van der Waals surface area contributed by atoms with Gasteiger partial charge in [-0.1, -0.05) is 60.7 Å². The molecule has 0 saturated carbocycles. The molecule has 3 aromatic carbocycles. The predicted molar refractivity (Wildman–Crippen MR) is 131 cm³/mol. The maximum absolute atomic E-state index is 13.1. The summed E-state index contributed by atoms with van der Waals surface area (Å²) in [5.74, 6) is -3.27. The minimum absolute atomic E-state index is 0.236. The third kappa shape index (κ3) is 9.66. The van der Waals surface area contributed by atoms with Crippen molar-refractivity contribution in [3.8, 4) is 11.1 Å². The van der Waals surface area contributed by atoms with Gasteiger partial charge >= 0.3 is 39.7 Å². The number of alkyl halides is 10. The van der Waals surface area contributed by atoms with Crippen LogP contribution in [0, 0.1) is 0 Å². The van der Waals surface area contributed by atoms with Crippen LogP contribution in [0.15, 0.2) is 84.9 Å².